The molecule has 0 aromatic heterocycles. The summed E-state index contributed by atoms with van der Waals surface area (Å²) in [5.74, 6) is -0.551. The Balaban J connectivity index is 1.64. The van der Waals surface area contributed by atoms with E-state index in [1.807, 2.05) is 19.1 Å². The van der Waals surface area contributed by atoms with E-state index in [9.17, 15) is 9.59 Å². The average Bonchev–Trinajstić information content (AvgIpc) is 3.45. The third-order valence-electron chi connectivity index (χ3n) is 3.95. The lowest BCUT2D eigenvalue weighted by Crippen LogP contribution is -2.34. The molecule has 0 radical (unpaired) electrons. The van der Waals surface area contributed by atoms with Crippen molar-refractivity contribution in [3.05, 3.63) is 64.7 Å². The smallest absolute Gasteiger partial charge is 0.345 e. The van der Waals surface area contributed by atoms with Crippen LogP contribution in [-0.2, 0) is 14.3 Å². The molecule has 1 atom stereocenters. The Kier molecular flexibility index (Phi) is 5.78. The van der Waals surface area contributed by atoms with Crippen LogP contribution in [0.25, 0.3) is 0 Å². The van der Waals surface area contributed by atoms with Crippen molar-refractivity contribution in [3.8, 4) is 5.75 Å². The summed E-state index contributed by atoms with van der Waals surface area (Å²) in [6.45, 7) is 1.57. The summed E-state index contributed by atoms with van der Waals surface area (Å²) in [6.07, 6.45) is 0.910. The van der Waals surface area contributed by atoms with Crippen LogP contribution in [0.5, 0.6) is 5.75 Å². The lowest BCUT2D eigenvalue weighted by molar-refractivity contribution is -0.158. The van der Waals surface area contributed by atoms with Crippen molar-refractivity contribution in [1.29, 1.82) is 0 Å². The van der Waals surface area contributed by atoms with Crippen LogP contribution in [0.1, 0.15) is 30.1 Å². The Hall–Kier alpha value is -2.53. The zero-order chi connectivity index (χ0) is 18.5. The van der Waals surface area contributed by atoms with Gasteiger partial charge in [-0.1, -0.05) is 48.0 Å². The second-order valence-corrected chi connectivity index (χ2v) is 6.69. The topological polar surface area (TPSA) is 64.6 Å². The highest BCUT2D eigenvalue weighted by atomic mass is 35.5. The molecule has 1 aliphatic rings. The Morgan fingerprint density at radius 3 is 2.62 bits per heavy atom. The third-order valence-corrected chi connectivity index (χ3v) is 4.26. The van der Waals surface area contributed by atoms with Crippen LogP contribution in [0.2, 0.25) is 5.02 Å². The van der Waals surface area contributed by atoms with Crippen LogP contribution in [0, 0.1) is 6.92 Å². The van der Waals surface area contributed by atoms with Gasteiger partial charge in [0.25, 0.3) is 5.91 Å². The summed E-state index contributed by atoms with van der Waals surface area (Å²) in [5.41, 5.74) is 1.58. The van der Waals surface area contributed by atoms with Gasteiger partial charge in [0.2, 0.25) is 6.10 Å². The Labute approximate surface area is 157 Å². The number of nitrogens with one attached hydrogen (secondary N) is 1. The Morgan fingerprint density at radius 2 is 1.92 bits per heavy atom. The van der Waals surface area contributed by atoms with Crippen molar-refractivity contribution in [2.45, 2.75) is 31.9 Å². The van der Waals surface area contributed by atoms with Gasteiger partial charge >= 0.3 is 5.97 Å². The first-order valence-electron chi connectivity index (χ1n) is 8.46. The molecule has 0 spiro atoms. The molecule has 0 saturated heterocycles. The molecule has 0 aliphatic heterocycles. The van der Waals surface area contributed by atoms with Crippen molar-refractivity contribution in [2.75, 3.05) is 6.61 Å². The van der Waals surface area contributed by atoms with Crippen LogP contribution < -0.4 is 10.1 Å². The number of aryl methyl sites for hydroxylation is 1. The van der Waals surface area contributed by atoms with Gasteiger partial charge in [0.05, 0.1) is 5.02 Å². The van der Waals surface area contributed by atoms with E-state index < -0.39 is 12.1 Å². The predicted molar refractivity (Wildman–Crippen MR) is 98.1 cm³/mol. The number of amides is 1. The predicted octanol–water partition coefficient (Wildman–Crippen LogP) is 3.59. The van der Waals surface area contributed by atoms with Crippen LogP contribution >= 0.6 is 11.6 Å². The summed E-state index contributed by atoms with van der Waals surface area (Å²) in [5, 5.41) is 3.28. The fraction of sp³-hybridized carbons (Fsp3) is 0.300. The summed E-state index contributed by atoms with van der Waals surface area (Å²) in [6, 6.07) is 14.4. The van der Waals surface area contributed by atoms with Crippen molar-refractivity contribution in [3.63, 3.8) is 0 Å². The van der Waals surface area contributed by atoms with E-state index in [2.05, 4.69) is 5.32 Å². The van der Waals surface area contributed by atoms with Crippen molar-refractivity contribution >= 4 is 23.5 Å². The molecule has 1 N–H and O–H groups in total. The third kappa shape index (κ3) is 4.99. The molecule has 136 valence electrons. The fourth-order valence-corrected chi connectivity index (χ4v) is 2.60. The maximum atomic E-state index is 12.5. The van der Waals surface area contributed by atoms with E-state index >= 15 is 0 Å². The van der Waals surface area contributed by atoms with E-state index in [0.717, 1.165) is 18.4 Å². The highest BCUT2D eigenvalue weighted by molar-refractivity contribution is 6.32. The monoisotopic (exact) mass is 373 g/mol. The number of hydrogen-bond acceptors (Lipinski definition) is 4. The van der Waals surface area contributed by atoms with Crippen molar-refractivity contribution in [2.24, 2.45) is 0 Å². The number of halogens is 1. The van der Waals surface area contributed by atoms with Gasteiger partial charge < -0.3 is 14.8 Å². The van der Waals surface area contributed by atoms with Crippen LogP contribution in [0.15, 0.2) is 48.5 Å². The molecule has 1 amide bonds. The molecule has 5 nitrogen and oxygen atoms in total. The molecule has 6 heteroatoms. The maximum Gasteiger partial charge on any atom is 0.345 e. The van der Waals surface area contributed by atoms with Gasteiger partial charge in [-0.15, -0.1) is 0 Å². The van der Waals surface area contributed by atoms with Gasteiger partial charge in [-0.2, -0.15) is 0 Å². The van der Waals surface area contributed by atoms with Crippen LogP contribution in [0.4, 0.5) is 0 Å². The van der Waals surface area contributed by atoms with E-state index in [0.29, 0.717) is 16.3 Å². The van der Waals surface area contributed by atoms with Crippen LogP contribution in [0.3, 0.4) is 0 Å². The lowest BCUT2D eigenvalue weighted by atomic mass is 10.1. The van der Waals surface area contributed by atoms with E-state index in [1.54, 1.807) is 36.4 Å². The second kappa shape index (κ2) is 8.23. The molecule has 2 aromatic rings. The zero-order valence-electron chi connectivity index (χ0n) is 14.4. The van der Waals surface area contributed by atoms with Crippen molar-refractivity contribution < 1.29 is 19.1 Å². The van der Waals surface area contributed by atoms with Crippen LogP contribution in [-0.4, -0.2) is 24.5 Å². The average molecular weight is 374 g/mol. The Morgan fingerprint density at radius 1 is 1.19 bits per heavy atom. The standard InChI is InChI=1S/C20H20ClNO4/c1-13-7-10-16(21)17(11-13)25-12-18(23)26-19(14-5-3-2-4-6-14)20(24)22-15-8-9-15/h2-7,10-11,15,19H,8-9,12H2,1H3,(H,22,24)/t19-/m1/s1. The normalized spacial score (nSPS) is 14.4. The number of esters is 1. The minimum absolute atomic E-state index is 0.176. The molecule has 2 aromatic carbocycles. The first kappa shape index (κ1) is 18.3. The molecular weight excluding hydrogens is 354 g/mol. The van der Waals surface area contributed by atoms with E-state index in [4.69, 9.17) is 21.1 Å². The summed E-state index contributed by atoms with van der Waals surface area (Å²) >= 11 is 6.05. The van der Waals surface area contributed by atoms with Gasteiger partial charge in [0.1, 0.15) is 5.75 Å². The summed E-state index contributed by atoms with van der Waals surface area (Å²) < 4.78 is 10.9. The maximum absolute atomic E-state index is 12.5. The molecule has 1 fully saturated rings. The minimum atomic E-state index is -0.999. The van der Waals surface area contributed by atoms with Gasteiger partial charge in [0.15, 0.2) is 6.61 Å². The van der Waals surface area contributed by atoms with Gasteiger partial charge in [-0.05, 0) is 37.5 Å². The summed E-state index contributed by atoms with van der Waals surface area (Å²) in [4.78, 5) is 24.7. The quantitative estimate of drug-likeness (QED) is 0.753. The highest BCUT2D eigenvalue weighted by Gasteiger charge is 2.30. The fourth-order valence-electron chi connectivity index (χ4n) is 2.43. The molecule has 1 aliphatic carbocycles. The number of rotatable bonds is 7. The molecule has 3 rings (SSSR count). The number of ether oxygens (including phenoxy) is 2. The SMILES string of the molecule is Cc1ccc(Cl)c(OCC(=O)O[C@@H](C(=O)NC2CC2)c2ccccc2)c1. The first-order chi connectivity index (χ1) is 12.5. The molecule has 0 bridgehead atoms. The molecule has 26 heavy (non-hydrogen) atoms. The van der Waals surface area contributed by atoms with Crippen molar-refractivity contribution in [1.82, 2.24) is 5.32 Å². The molecular formula is C20H20ClNO4. The number of hydrogen-bond donors (Lipinski definition) is 1. The van der Waals surface area contributed by atoms with Gasteiger partial charge in [-0.25, -0.2) is 4.79 Å². The van der Waals surface area contributed by atoms with E-state index in [1.165, 1.54) is 0 Å². The minimum Gasteiger partial charge on any atom is -0.480 e. The van der Waals surface area contributed by atoms with Gasteiger partial charge in [0, 0.05) is 11.6 Å². The first-order valence-corrected chi connectivity index (χ1v) is 8.84. The lowest BCUT2D eigenvalue weighted by Gasteiger charge is -2.18. The molecule has 1 saturated carbocycles. The molecule has 0 heterocycles. The number of benzene rings is 2. The van der Waals surface area contributed by atoms with Gasteiger partial charge in [-0.3, -0.25) is 4.79 Å². The largest absolute Gasteiger partial charge is 0.480 e. The second-order valence-electron chi connectivity index (χ2n) is 6.29. The summed E-state index contributed by atoms with van der Waals surface area (Å²) in [7, 11) is 0. The van der Waals surface area contributed by atoms with E-state index in [-0.39, 0.29) is 18.6 Å². The highest BCUT2D eigenvalue weighted by Crippen LogP contribution is 2.26. The number of carbonyl (C=O) groups is 2. The zero-order valence-corrected chi connectivity index (χ0v) is 15.2. The molecule has 0 unspecified atom stereocenters. The number of carbonyl (C=O) groups excluding carboxylic acids is 2. The Bertz CT molecular complexity index is 790.